The molecule has 0 radical (unpaired) electrons. The second-order valence-corrected chi connectivity index (χ2v) is 8.78. The number of fused-ring (bicyclic) bond motifs is 2. The Morgan fingerprint density at radius 1 is 1.03 bits per heavy atom. The van der Waals surface area contributed by atoms with Crippen molar-refractivity contribution in [2.24, 2.45) is 0 Å². The van der Waals surface area contributed by atoms with Gasteiger partial charge in [-0.3, -0.25) is 9.20 Å². The molecule has 1 aromatic carbocycles. The minimum atomic E-state index is -4.47. The molecule has 4 aromatic heterocycles. The molecule has 182 valence electrons. The predicted molar refractivity (Wildman–Crippen MR) is 124 cm³/mol. The van der Waals surface area contributed by atoms with E-state index in [0.717, 1.165) is 23.5 Å². The van der Waals surface area contributed by atoms with Gasteiger partial charge in [-0.05, 0) is 31.0 Å². The van der Waals surface area contributed by atoms with E-state index in [9.17, 15) is 18.0 Å². The molecule has 36 heavy (non-hydrogen) atoms. The third-order valence-electron chi connectivity index (χ3n) is 6.53. The van der Waals surface area contributed by atoms with Crippen LogP contribution in [0.4, 0.5) is 13.2 Å². The molecule has 1 unspecified atom stereocenters. The van der Waals surface area contributed by atoms with Gasteiger partial charge in [0.15, 0.2) is 11.3 Å². The Balaban J connectivity index is 1.30. The number of likely N-dealkylation sites (tertiary alicyclic amines) is 1. The van der Waals surface area contributed by atoms with Crippen LogP contribution in [0.15, 0.2) is 67.1 Å². The maximum atomic E-state index is 13.5. The fourth-order valence-electron chi connectivity index (χ4n) is 4.77. The van der Waals surface area contributed by atoms with Crippen LogP contribution in [0.3, 0.4) is 0 Å². The topological polar surface area (TPSA) is 80.7 Å². The number of hydrogen-bond acceptors (Lipinski definition) is 5. The summed E-state index contributed by atoms with van der Waals surface area (Å²) in [5.74, 6) is -0.0639. The van der Waals surface area contributed by atoms with Crippen LogP contribution < -0.4 is 0 Å². The molecule has 0 saturated carbocycles. The summed E-state index contributed by atoms with van der Waals surface area (Å²) in [5, 5.41) is 12.6. The first-order valence-electron chi connectivity index (χ1n) is 11.5. The zero-order valence-electron chi connectivity index (χ0n) is 18.9. The van der Waals surface area contributed by atoms with Gasteiger partial charge in [0.2, 0.25) is 0 Å². The summed E-state index contributed by atoms with van der Waals surface area (Å²) in [4.78, 5) is 19.6. The minimum Gasteiger partial charge on any atom is -0.338 e. The molecule has 1 aliphatic rings. The van der Waals surface area contributed by atoms with Crippen molar-refractivity contribution < 1.29 is 18.0 Å². The normalized spacial score (nSPS) is 16.6. The fourth-order valence-corrected chi connectivity index (χ4v) is 4.77. The lowest BCUT2D eigenvalue weighted by atomic mass is 9.96. The Morgan fingerprint density at radius 2 is 1.86 bits per heavy atom. The highest BCUT2D eigenvalue weighted by Crippen LogP contribution is 2.32. The molecule has 1 atom stereocenters. The number of nitrogens with zero attached hydrogens (tertiary/aromatic N) is 7. The van der Waals surface area contributed by atoms with Gasteiger partial charge < -0.3 is 4.90 Å². The number of carbonyl (C=O) groups is 1. The maximum absolute atomic E-state index is 13.5. The molecule has 1 fully saturated rings. The number of benzene rings is 1. The van der Waals surface area contributed by atoms with Crippen molar-refractivity contribution >= 4 is 17.2 Å². The van der Waals surface area contributed by atoms with Crippen molar-refractivity contribution in [1.82, 2.24) is 34.1 Å². The van der Waals surface area contributed by atoms with E-state index in [1.54, 1.807) is 15.6 Å². The van der Waals surface area contributed by atoms with Crippen molar-refractivity contribution in [3.63, 3.8) is 0 Å². The Morgan fingerprint density at radius 3 is 2.67 bits per heavy atom. The molecular formula is C25H20F3N7O. The molecule has 0 N–H and O–H groups in total. The Bertz CT molecular complexity index is 1580. The molecule has 8 nitrogen and oxygen atoms in total. The summed E-state index contributed by atoms with van der Waals surface area (Å²) in [5.41, 5.74) is 2.15. The smallest absolute Gasteiger partial charge is 0.338 e. The summed E-state index contributed by atoms with van der Waals surface area (Å²) >= 11 is 0. The number of carbonyl (C=O) groups excluding carboxylic acids is 1. The zero-order valence-corrected chi connectivity index (χ0v) is 18.9. The number of aromatic nitrogens is 6. The number of pyridine rings is 1. The summed E-state index contributed by atoms with van der Waals surface area (Å²) in [6.07, 6.45) is 1.09. The Hall–Kier alpha value is -4.28. The molecule has 1 aliphatic heterocycles. The highest BCUT2D eigenvalue weighted by atomic mass is 19.4. The van der Waals surface area contributed by atoms with Crippen molar-refractivity contribution in [2.45, 2.75) is 24.9 Å². The predicted octanol–water partition coefficient (Wildman–Crippen LogP) is 4.48. The van der Waals surface area contributed by atoms with Crippen LogP contribution in [0.5, 0.6) is 0 Å². The molecule has 11 heteroatoms. The maximum Gasteiger partial charge on any atom is 0.417 e. The van der Waals surface area contributed by atoms with E-state index < -0.39 is 11.7 Å². The molecule has 0 aliphatic carbocycles. The van der Waals surface area contributed by atoms with E-state index in [4.69, 9.17) is 0 Å². The molecule has 1 amide bonds. The van der Waals surface area contributed by atoms with Crippen LogP contribution in [0.2, 0.25) is 0 Å². The monoisotopic (exact) mass is 491 g/mol. The van der Waals surface area contributed by atoms with Gasteiger partial charge in [0.1, 0.15) is 11.4 Å². The van der Waals surface area contributed by atoms with Crippen molar-refractivity contribution in [1.29, 1.82) is 0 Å². The lowest BCUT2D eigenvalue weighted by molar-refractivity contribution is -0.137. The molecule has 1 saturated heterocycles. The third-order valence-corrected chi connectivity index (χ3v) is 6.53. The number of rotatable bonds is 3. The van der Waals surface area contributed by atoms with Crippen LogP contribution in [0, 0.1) is 0 Å². The highest BCUT2D eigenvalue weighted by Gasteiger charge is 2.33. The van der Waals surface area contributed by atoms with Crippen LogP contribution in [-0.4, -0.2) is 53.1 Å². The van der Waals surface area contributed by atoms with E-state index in [-0.39, 0.29) is 11.8 Å². The Labute approximate surface area is 203 Å². The summed E-state index contributed by atoms with van der Waals surface area (Å²) in [7, 11) is 0. The van der Waals surface area contributed by atoms with Gasteiger partial charge in [0, 0.05) is 37.0 Å². The largest absolute Gasteiger partial charge is 0.417 e. The number of piperidine rings is 1. The number of hydrogen-bond donors (Lipinski definition) is 0. The first-order valence-corrected chi connectivity index (χ1v) is 11.5. The van der Waals surface area contributed by atoms with E-state index >= 15 is 0 Å². The highest BCUT2D eigenvalue weighted by molar-refractivity contribution is 6.00. The molecule has 5 heterocycles. The van der Waals surface area contributed by atoms with Gasteiger partial charge in [0.05, 0.1) is 17.5 Å². The number of alkyl halides is 3. The van der Waals surface area contributed by atoms with Crippen LogP contribution in [-0.2, 0) is 6.18 Å². The zero-order chi connectivity index (χ0) is 24.9. The second kappa shape index (κ2) is 8.43. The van der Waals surface area contributed by atoms with Gasteiger partial charge in [-0.15, -0.1) is 10.2 Å². The molecule has 6 rings (SSSR count). The molecule has 0 bridgehead atoms. The van der Waals surface area contributed by atoms with E-state index in [2.05, 4.69) is 20.3 Å². The lowest BCUT2D eigenvalue weighted by Crippen LogP contribution is -2.39. The molecular weight excluding hydrogens is 471 g/mol. The van der Waals surface area contributed by atoms with Gasteiger partial charge in [-0.1, -0.05) is 30.3 Å². The lowest BCUT2D eigenvalue weighted by Gasteiger charge is -2.31. The van der Waals surface area contributed by atoms with Gasteiger partial charge in [-0.25, -0.2) is 9.50 Å². The van der Waals surface area contributed by atoms with Crippen LogP contribution in [0.1, 0.15) is 40.5 Å². The number of amides is 1. The van der Waals surface area contributed by atoms with Crippen molar-refractivity contribution in [2.75, 3.05) is 13.1 Å². The number of halogens is 3. The SMILES string of the molecule is O=C(c1cnn2c(-c3ccccc3)ccnc12)N1CCCC(c2nnc3ccc(C(F)(F)F)cn23)C1. The molecule has 0 spiro atoms. The quantitative estimate of drug-likeness (QED) is 0.372. The third kappa shape index (κ3) is 3.76. The molecule has 5 aromatic rings. The summed E-state index contributed by atoms with van der Waals surface area (Å²) < 4.78 is 42.8. The first-order chi connectivity index (χ1) is 17.4. The van der Waals surface area contributed by atoms with Crippen LogP contribution >= 0.6 is 0 Å². The minimum absolute atomic E-state index is 0.225. The van der Waals surface area contributed by atoms with Crippen molar-refractivity contribution in [3.05, 3.63) is 84.1 Å². The average Bonchev–Trinajstić information content (AvgIpc) is 3.52. The van der Waals surface area contributed by atoms with Gasteiger partial charge in [0.25, 0.3) is 5.91 Å². The van der Waals surface area contributed by atoms with E-state index in [0.29, 0.717) is 48.6 Å². The van der Waals surface area contributed by atoms with Gasteiger partial charge >= 0.3 is 6.18 Å². The van der Waals surface area contributed by atoms with E-state index in [1.165, 1.54) is 16.7 Å². The first kappa shape index (κ1) is 22.2. The average molecular weight is 491 g/mol. The van der Waals surface area contributed by atoms with Crippen LogP contribution in [0.25, 0.3) is 22.6 Å². The van der Waals surface area contributed by atoms with Crippen molar-refractivity contribution in [3.8, 4) is 11.3 Å². The summed E-state index contributed by atoms with van der Waals surface area (Å²) in [6.45, 7) is 0.834. The standard InChI is InChI=1S/C25H20F3N7O/c26-25(27,28)18-8-9-21-31-32-22(34(21)15-18)17-7-4-12-33(14-17)24(36)19-13-30-35-20(10-11-29-23(19)35)16-5-2-1-3-6-16/h1-3,5-6,8-11,13,15,17H,4,7,12,14H2. The summed E-state index contributed by atoms with van der Waals surface area (Å²) in [6, 6.07) is 13.8. The Kier molecular flexibility index (Phi) is 5.20. The van der Waals surface area contributed by atoms with Gasteiger partial charge in [-0.2, -0.15) is 18.3 Å². The van der Waals surface area contributed by atoms with E-state index in [1.807, 2.05) is 36.4 Å². The fraction of sp³-hybridized carbons (Fsp3) is 0.240. The second-order valence-electron chi connectivity index (χ2n) is 8.78.